The Morgan fingerprint density at radius 3 is 2.79 bits per heavy atom. The fourth-order valence-corrected chi connectivity index (χ4v) is 3.66. The largest absolute Gasteiger partial charge is 0.497 e. The number of nitrogens with zero attached hydrogens (tertiary/aromatic N) is 4. The number of fused-ring (bicyclic) bond motifs is 3. The first-order chi connectivity index (χ1) is 16.2. The van der Waals surface area contributed by atoms with Crippen LogP contribution in [0, 0.1) is 0 Å². The summed E-state index contributed by atoms with van der Waals surface area (Å²) in [5, 5.41) is 10.5. The van der Waals surface area contributed by atoms with Crippen LogP contribution < -0.4 is 4.74 Å². The van der Waals surface area contributed by atoms with E-state index in [0.717, 1.165) is 38.8 Å². The molecule has 0 spiro atoms. The second-order valence-corrected chi connectivity index (χ2v) is 7.47. The van der Waals surface area contributed by atoms with Crippen molar-refractivity contribution in [2.24, 2.45) is 0 Å². The van der Waals surface area contributed by atoms with Crippen molar-refractivity contribution in [3.8, 4) is 5.75 Å². The lowest BCUT2D eigenvalue weighted by Gasteiger charge is -2.02. The van der Waals surface area contributed by atoms with Gasteiger partial charge in [-0.05, 0) is 35.9 Å². The van der Waals surface area contributed by atoms with Crippen molar-refractivity contribution < 1.29 is 14.3 Å². The molecule has 3 aromatic heterocycles. The number of hydrogen-bond acceptors (Lipinski definition) is 6. The SMILES string of the molecule is COc1ccc(/C=C/C(=O)OCc2cn(Cc3nccc4c3[nH]c3ccccc34)nn2)cc1. The third-order valence-electron chi connectivity index (χ3n) is 5.29. The molecule has 0 saturated carbocycles. The van der Waals surface area contributed by atoms with Crippen molar-refractivity contribution in [2.75, 3.05) is 7.11 Å². The molecule has 2 aromatic carbocycles. The summed E-state index contributed by atoms with van der Waals surface area (Å²) in [5.74, 6) is 0.304. The Bertz CT molecular complexity index is 1450. The molecule has 0 aliphatic heterocycles. The molecule has 3 heterocycles. The number of methoxy groups -OCH3 is 1. The van der Waals surface area contributed by atoms with Gasteiger partial charge in [0, 0.05) is 28.6 Å². The Labute approximate surface area is 189 Å². The number of aromatic amines is 1. The Morgan fingerprint density at radius 2 is 1.94 bits per heavy atom. The highest BCUT2D eigenvalue weighted by molar-refractivity contribution is 6.07. The van der Waals surface area contributed by atoms with Gasteiger partial charge < -0.3 is 14.5 Å². The highest BCUT2D eigenvalue weighted by Crippen LogP contribution is 2.26. The molecule has 0 bridgehead atoms. The van der Waals surface area contributed by atoms with E-state index in [4.69, 9.17) is 9.47 Å². The summed E-state index contributed by atoms with van der Waals surface area (Å²) in [6.07, 6.45) is 6.62. The third-order valence-corrected chi connectivity index (χ3v) is 5.29. The number of para-hydroxylation sites is 1. The molecule has 0 unspecified atom stereocenters. The van der Waals surface area contributed by atoms with Crippen LogP contribution in [-0.2, 0) is 22.7 Å². The normalized spacial score (nSPS) is 11.4. The minimum atomic E-state index is -0.454. The average Bonchev–Trinajstić information content (AvgIpc) is 3.46. The maximum atomic E-state index is 12.0. The van der Waals surface area contributed by atoms with Gasteiger partial charge in [0.15, 0.2) is 0 Å². The van der Waals surface area contributed by atoms with Crippen LogP contribution in [0.2, 0.25) is 0 Å². The van der Waals surface area contributed by atoms with E-state index in [1.165, 1.54) is 6.08 Å². The van der Waals surface area contributed by atoms with Crippen molar-refractivity contribution >= 4 is 33.9 Å². The molecule has 0 aliphatic rings. The zero-order chi connectivity index (χ0) is 22.6. The lowest BCUT2D eigenvalue weighted by molar-refractivity contribution is -0.139. The summed E-state index contributed by atoms with van der Waals surface area (Å²) in [6.45, 7) is 0.484. The smallest absolute Gasteiger partial charge is 0.331 e. The molecule has 0 amide bonds. The van der Waals surface area contributed by atoms with Crippen molar-refractivity contribution in [1.29, 1.82) is 0 Å². The number of ether oxygens (including phenoxy) is 2. The Kier molecular flexibility index (Phi) is 5.55. The van der Waals surface area contributed by atoms with E-state index < -0.39 is 5.97 Å². The summed E-state index contributed by atoms with van der Waals surface area (Å²) < 4.78 is 12.1. The van der Waals surface area contributed by atoms with E-state index in [2.05, 4.69) is 26.3 Å². The van der Waals surface area contributed by atoms with Gasteiger partial charge in [0.05, 0.1) is 31.1 Å². The molecule has 8 heteroatoms. The van der Waals surface area contributed by atoms with Gasteiger partial charge in [0.1, 0.15) is 18.1 Å². The number of rotatable bonds is 7. The number of benzene rings is 2. The van der Waals surface area contributed by atoms with Gasteiger partial charge in [-0.15, -0.1) is 5.10 Å². The Balaban J connectivity index is 1.22. The zero-order valence-corrected chi connectivity index (χ0v) is 17.9. The number of aromatic nitrogens is 5. The zero-order valence-electron chi connectivity index (χ0n) is 17.9. The van der Waals surface area contributed by atoms with Crippen molar-refractivity contribution in [2.45, 2.75) is 13.2 Å². The Morgan fingerprint density at radius 1 is 1.09 bits per heavy atom. The maximum Gasteiger partial charge on any atom is 0.331 e. The number of pyridine rings is 1. The first kappa shape index (κ1) is 20.4. The molecule has 8 nitrogen and oxygen atoms in total. The van der Waals surface area contributed by atoms with Crippen LogP contribution in [0.3, 0.4) is 0 Å². The van der Waals surface area contributed by atoms with Crippen molar-refractivity contribution in [3.05, 3.63) is 90.0 Å². The van der Waals surface area contributed by atoms with Gasteiger partial charge in [-0.3, -0.25) is 4.98 Å². The molecule has 0 radical (unpaired) electrons. The van der Waals surface area contributed by atoms with E-state index in [1.807, 2.05) is 48.5 Å². The highest BCUT2D eigenvalue weighted by Gasteiger charge is 2.11. The first-order valence-electron chi connectivity index (χ1n) is 10.4. The minimum Gasteiger partial charge on any atom is -0.497 e. The van der Waals surface area contributed by atoms with Gasteiger partial charge in [0.2, 0.25) is 0 Å². The second kappa shape index (κ2) is 8.96. The van der Waals surface area contributed by atoms with Crippen LogP contribution in [0.15, 0.2) is 73.1 Å². The van der Waals surface area contributed by atoms with Crippen LogP contribution in [0.1, 0.15) is 17.0 Å². The summed E-state index contributed by atoms with van der Waals surface area (Å²) in [6, 6.07) is 17.5. The molecule has 0 aliphatic carbocycles. The van der Waals surface area contributed by atoms with Gasteiger partial charge >= 0.3 is 5.97 Å². The third kappa shape index (κ3) is 4.45. The van der Waals surface area contributed by atoms with Crippen LogP contribution in [-0.4, -0.2) is 38.0 Å². The molecule has 0 atom stereocenters. The van der Waals surface area contributed by atoms with Crippen LogP contribution in [0.4, 0.5) is 0 Å². The lowest BCUT2D eigenvalue weighted by atomic mass is 10.1. The van der Waals surface area contributed by atoms with Crippen LogP contribution >= 0.6 is 0 Å². The van der Waals surface area contributed by atoms with E-state index in [-0.39, 0.29) is 6.61 Å². The van der Waals surface area contributed by atoms with Crippen LogP contribution in [0.5, 0.6) is 5.75 Å². The summed E-state index contributed by atoms with van der Waals surface area (Å²) in [5.41, 5.74) is 4.34. The maximum absolute atomic E-state index is 12.0. The molecule has 0 fully saturated rings. The number of nitrogens with one attached hydrogen (secondary N) is 1. The Hall–Kier alpha value is -4.46. The molecule has 1 N–H and O–H groups in total. The number of carbonyl (C=O) groups is 1. The quantitative estimate of drug-likeness (QED) is 0.303. The molecular formula is C25H21N5O3. The standard InChI is InChI=1S/C25H21N5O3/c1-32-19-9-6-17(7-10-19)8-11-24(31)33-16-18-14-30(29-28-18)15-23-25-21(12-13-26-23)20-4-2-3-5-22(20)27-25/h2-14,27H,15-16H2,1H3/b11-8+. The monoisotopic (exact) mass is 439 g/mol. The molecule has 5 aromatic rings. The number of carbonyl (C=O) groups excluding carboxylic acids is 1. The van der Waals surface area contributed by atoms with E-state index in [1.54, 1.807) is 30.3 Å². The van der Waals surface area contributed by atoms with E-state index >= 15 is 0 Å². The number of hydrogen-bond donors (Lipinski definition) is 1. The molecule has 164 valence electrons. The van der Waals surface area contributed by atoms with Gasteiger partial charge in [-0.25, -0.2) is 9.48 Å². The average molecular weight is 439 g/mol. The van der Waals surface area contributed by atoms with Gasteiger partial charge in [0.25, 0.3) is 0 Å². The van der Waals surface area contributed by atoms with Gasteiger partial charge in [-0.1, -0.05) is 35.5 Å². The second-order valence-electron chi connectivity index (χ2n) is 7.47. The molecule has 0 saturated heterocycles. The van der Waals surface area contributed by atoms with E-state index in [0.29, 0.717) is 12.2 Å². The van der Waals surface area contributed by atoms with Crippen LogP contribution in [0.25, 0.3) is 27.9 Å². The molecular weight excluding hydrogens is 418 g/mol. The first-order valence-corrected chi connectivity index (χ1v) is 10.4. The fourth-order valence-electron chi connectivity index (χ4n) is 3.66. The topological polar surface area (TPSA) is 94.9 Å². The summed E-state index contributed by atoms with van der Waals surface area (Å²) in [7, 11) is 1.61. The van der Waals surface area contributed by atoms with Crippen molar-refractivity contribution in [1.82, 2.24) is 25.0 Å². The van der Waals surface area contributed by atoms with Gasteiger partial charge in [-0.2, -0.15) is 0 Å². The lowest BCUT2D eigenvalue weighted by Crippen LogP contribution is -2.03. The van der Waals surface area contributed by atoms with Crippen molar-refractivity contribution in [3.63, 3.8) is 0 Å². The fraction of sp³-hybridized carbons (Fsp3) is 0.120. The predicted molar refractivity (Wildman–Crippen MR) is 125 cm³/mol. The highest BCUT2D eigenvalue weighted by atomic mass is 16.5. The van der Waals surface area contributed by atoms with E-state index in [9.17, 15) is 4.79 Å². The predicted octanol–water partition coefficient (Wildman–Crippen LogP) is 4.12. The number of H-pyrrole nitrogens is 1. The summed E-state index contributed by atoms with van der Waals surface area (Å²) in [4.78, 5) is 20.0. The molecule has 5 rings (SSSR count). The molecule has 33 heavy (non-hydrogen) atoms. The number of esters is 1. The summed E-state index contributed by atoms with van der Waals surface area (Å²) >= 11 is 0. The minimum absolute atomic E-state index is 0.0375.